The monoisotopic (exact) mass is 327 g/mol. The Morgan fingerprint density at radius 1 is 1.30 bits per heavy atom. The maximum atomic E-state index is 13.5. The standard InChI is InChI=1S/C16H23F2N3O2/c1-2-13(11-22)21-7-5-20(6-8-21)10-16(23)19-15-9-12(17)3-4-14(15)18/h3-4,9,13,22H,2,5-8,10-11H2,1H3,(H,19,23). The van der Waals surface area contributed by atoms with Gasteiger partial charge in [-0.3, -0.25) is 14.6 Å². The number of hydrogen-bond acceptors (Lipinski definition) is 4. The van der Waals surface area contributed by atoms with E-state index in [1.54, 1.807) is 0 Å². The third-order valence-electron chi connectivity index (χ3n) is 4.17. The van der Waals surface area contributed by atoms with Crippen molar-refractivity contribution in [2.75, 3.05) is 44.6 Å². The van der Waals surface area contributed by atoms with Crippen molar-refractivity contribution in [2.45, 2.75) is 19.4 Å². The number of halogens is 2. The van der Waals surface area contributed by atoms with Crippen molar-refractivity contribution in [3.63, 3.8) is 0 Å². The lowest BCUT2D eigenvalue weighted by molar-refractivity contribution is -0.117. The van der Waals surface area contributed by atoms with E-state index in [0.717, 1.165) is 37.7 Å². The molecule has 0 radical (unpaired) electrons. The molecule has 1 amide bonds. The number of carbonyl (C=O) groups excluding carboxylic acids is 1. The summed E-state index contributed by atoms with van der Waals surface area (Å²) in [5.74, 6) is -1.61. The van der Waals surface area contributed by atoms with Crippen LogP contribution in [0.1, 0.15) is 13.3 Å². The molecule has 0 spiro atoms. The highest BCUT2D eigenvalue weighted by Crippen LogP contribution is 2.15. The van der Waals surface area contributed by atoms with E-state index in [1.807, 2.05) is 11.8 Å². The molecule has 0 saturated carbocycles. The molecule has 2 rings (SSSR count). The lowest BCUT2D eigenvalue weighted by atomic mass is 10.1. The Labute approximate surface area is 134 Å². The maximum absolute atomic E-state index is 13.5. The lowest BCUT2D eigenvalue weighted by Crippen LogP contribution is -2.52. The second-order valence-electron chi connectivity index (χ2n) is 5.73. The maximum Gasteiger partial charge on any atom is 0.238 e. The third kappa shape index (κ3) is 4.95. The van der Waals surface area contributed by atoms with Crippen molar-refractivity contribution in [1.82, 2.24) is 9.80 Å². The van der Waals surface area contributed by atoms with Gasteiger partial charge in [-0.05, 0) is 18.6 Å². The number of nitrogens with zero attached hydrogens (tertiary/aromatic N) is 2. The molecule has 5 nitrogen and oxygen atoms in total. The van der Waals surface area contributed by atoms with E-state index in [2.05, 4.69) is 10.2 Å². The number of benzene rings is 1. The van der Waals surface area contributed by atoms with Crippen molar-refractivity contribution >= 4 is 11.6 Å². The molecule has 1 atom stereocenters. The Hall–Kier alpha value is -1.57. The minimum Gasteiger partial charge on any atom is -0.395 e. The van der Waals surface area contributed by atoms with Gasteiger partial charge in [-0.25, -0.2) is 8.78 Å². The average molecular weight is 327 g/mol. The van der Waals surface area contributed by atoms with Crippen LogP contribution in [0.15, 0.2) is 18.2 Å². The smallest absolute Gasteiger partial charge is 0.238 e. The molecule has 1 fully saturated rings. The number of piperazine rings is 1. The van der Waals surface area contributed by atoms with Gasteiger partial charge >= 0.3 is 0 Å². The summed E-state index contributed by atoms with van der Waals surface area (Å²) in [5.41, 5.74) is -0.139. The Balaban J connectivity index is 1.82. The van der Waals surface area contributed by atoms with Crippen LogP contribution in [0.3, 0.4) is 0 Å². The molecule has 128 valence electrons. The molecule has 2 N–H and O–H groups in total. The van der Waals surface area contributed by atoms with E-state index in [4.69, 9.17) is 0 Å². The van der Waals surface area contributed by atoms with Gasteiger partial charge in [-0.15, -0.1) is 0 Å². The van der Waals surface area contributed by atoms with Gasteiger partial charge in [-0.2, -0.15) is 0 Å². The van der Waals surface area contributed by atoms with Gasteiger partial charge in [-0.1, -0.05) is 6.92 Å². The highest BCUT2D eigenvalue weighted by Gasteiger charge is 2.23. The first-order chi connectivity index (χ1) is 11.0. The van der Waals surface area contributed by atoms with Crippen molar-refractivity contribution < 1.29 is 18.7 Å². The molecule has 1 aromatic carbocycles. The summed E-state index contributed by atoms with van der Waals surface area (Å²) in [7, 11) is 0. The minimum absolute atomic E-state index is 0.135. The molecule has 0 aliphatic carbocycles. The summed E-state index contributed by atoms with van der Waals surface area (Å²) in [5, 5.41) is 11.7. The van der Waals surface area contributed by atoms with Crippen LogP contribution in [-0.2, 0) is 4.79 Å². The molecule has 7 heteroatoms. The number of anilines is 1. The van der Waals surface area contributed by atoms with E-state index in [1.165, 1.54) is 0 Å². The second-order valence-corrected chi connectivity index (χ2v) is 5.73. The normalized spacial score (nSPS) is 17.9. The van der Waals surface area contributed by atoms with Crippen LogP contribution >= 0.6 is 0 Å². The summed E-state index contributed by atoms with van der Waals surface area (Å²) >= 11 is 0. The van der Waals surface area contributed by atoms with Crippen LogP contribution in [0.4, 0.5) is 14.5 Å². The fourth-order valence-electron chi connectivity index (χ4n) is 2.78. The minimum atomic E-state index is -0.654. The predicted molar refractivity (Wildman–Crippen MR) is 84.2 cm³/mol. The van der Waals surface area contributed by atoms with E-state index in [0.29, 0.717) is 13.1 Å². The Morgan fingerprint density at radius 2 is 2.00 bits per heavy atom. The number of hydrogen-bond donors (Lipinski definition) is 2. The summed E-state index contributed by atoms with van der Waals surface area (Å²) in [6.07, 6.45) is 0.885. The van der Waals surface area contributed by atoms with Crippen LogP contribution in [0.5, 0.6) is 0 Å². The largest absolute Gasteiger partial charge is 0.395 e. The molecule has 0 aromatic heterocycles. The Bertz CT molecular complexity index is 530. The first-order valence-electron chi connectivity index (χ1n) is 7.85. The summed E-state index contributed by atoms with van der Waals surface area (Å²) in [6.45, 7) is 5.27. The van der Waals surface area contributed by atoms with Crippen molar-refractivity contribution in [2.24, 2.45) is 0 Å². The molecule has 1 aliphatic rings. The Kier molecular flexibility index (Phi) is 6.44. The quantitative estimate of drug-likeness (QED) is 0.827. The van der Waals surface area contributed by atoms with Gasteiger partial charge in [0.1, 0.15) is 11.6 Å². The second kappa shape index (κ2) is 8.33. The first kappa shape index (κ1) is 17.8. The first-order valence-corrected chi connectivity index (χ1v) is 7.85. The topological polar surface area (TPSA) is 55.8 Å². The zero-order valence-electron chi connectivity index (χ0n) is 13.3. The van der Waals surface area contributed by atoms with E-state index >= 15 is 0 Å². The van der Waals surface area contributed by atoms with E-state index in [-0.39, 0.29) is 30.8 Å². The van der Waals surface area contributed by atoms with Crippen LogP contribution in [0.2, 0.25) is 0 Å². The molecule has 23 heavy (non-hydrogen) atoms. The number of rotatable bonds is 6. The Morgan fingerprint density at radius 3 is 2.61 bits per heavy atom. The number of carbonyl (C=O) groups is 1. The van der Waals surface area contributed by atoms with Crippen LogP contribution in [0, 0.1) is 11.6 Å². The molecule has 1 aliphatic heterocycles. The SMILES string of the molecule is CCC(CO)N1CCN(CC(=O)Nc2cc(F)ccc2F)CC1. The highest BCUT2D eigenvalue weighted by molar-refractivity contribution is 5.92. The van der Waals surface area contributed by atoms with Crippen LogP contribution in [-0.4, -0.2) is 66.2 Å². The van der Waals surface area contributed by atoms with E-state index < -0.39 is 11.6 Å². The number of nitrogens with one attached hydrogen (secondary N) is 1. The van der Waals surface area contributed by atoms with Gasteiger partial charge in [0.05, 0.1) is 18.8 Å². The molecular weight excluding hydrogens is 304 g/mol. The van der Waals surface area contributed by atoms with E-state index in [9.17, 15) is 18.7 Å². The average Bonchev–Trinajstić information content (AvgIpc) is 2.53. The molecule has 1 aromatic rings. The van der Waals surface area contributed by atoms with Gasteiger partial charge in [0.15, 0.2) is 0 Å². The van der Waals surface area contributed by atoms with Gasteiger partial charge in [0.25, 0.3) is 0 Å². The zero-order valence-corrected chi connectivity index (χ0v) is 13.3. The molecule has 1 saturated heterocycles. The van der Waals surface area contributed by atoms with Crippen LogP contribution < -0.4 is 5.32 Å². The summed E-state index contributed by atoms with van der Waals surface area (Å²) in [4.78, 5) is 16.2. The molecule has 1 unspecified atom stereocenters. The van der Waals surface area contributed by atoms with Crippen LogP contribution in [0.25, 0.3) is 0 Å². The predicted octanol–water partition coefficient (Wildman–Crippen LogP) is 1.29. The zero-order chi connectivity index (χ0) is 16.8. The third-order valence-corrected chi connectivity index (χ3v) is 4.17. The number of aliphatic hydroxyl groups is 1. The molecule has 0 bridgehead atoms. The van der Waals surface area contributed by atoms with Crippen molar-refractivity contribution in [3.8, 4) is 0 Å². The number of amides is 1. The van der Waals surface area contributed by atoms with Gasteiger partial charge in [0.2, 0.25) is 5.91 Å². The lowest BCUT2D eigenvalue weighted by Gasteiger charge is -2.38. The van der Waals surface area contributed by atoms with Gasteiger partial charge in [0, 0.05) is 38.3 Å². The number of aliphatic hydroxyl groups excluding tert-OH is 1. The summed E-state index contributed by atoms with van der Waals surface area (Å²) < 4.78 is 26.6. The fourth-order valence-corrected chi connectivity index (χ4v) is 2.78. The molecule has 1 heterocycles. The fraction of sp³-hybridized carbons (Fsp3) is 0.562. The van der Waals surface area contributed by atoms with Crippen molar-refractivity contribution in [1.29, 1.82) is 0 Å². The van der Waals surface area contributed by atoms with Gasteiger partial charge < -0.3 is 10.4 Å². The molecular formula is C16H23F2N3O2. The van der Waals surface area contributed by atoms with Crippen molar-refractivity contribution in [3.05, 3.63) is 29.8 Å². The highest BCUT2D eigenvalue weighted by atomic mass is 19.1. The summed E-state index contributed by atoms with van der Waals surface area (Å²) in [6, 6.07) is 3.13.